The van der Waals surface area contributed by atoms with Crippen molar-refractivity contribution in [3.8, 4) is 11.8 Å². The van der Waals surface area contributed by atoms with E-state index in [-0.39, 0.29) is 12.4 Å². The number of nitrogens with zero attached hydrogens (tertiary/aromatic N) is 1. The molecule has 2 rings (SSSR count). The summed E-state index contributed by atoms with van der Waals surface area (Å²) in [5, 5.41) is 10.4. The van der Waals surface area contributed by atoms with Crippen LogP contribution in [0, 0.1) is 11.3 Å². The third kappa shape index (κ3) is 4.05. The van der Waals surface area contributed by atoms with E-state index in [4.69, 9.17) is 10.00 Å². The molecule has 0 radical (unpaired) electrons. The summed E-state index contributed by atoms with van der Waals surface area (Å²) in [6.45, 7) is 0.000228. The van der Waals surface area contributed by atoms with Crippen LogP contribution in [-0.2, 0) is 0 Å². The minimum absolute atomic E-state index is 0.000228. The van der Waals surface area contributed by atoms with Crippen LogP contribution in [0.5, 0.6) is 5.75 Å². The van der Waals surface area contributed by atoms with Crippen molar-refractivity contribution in [2.45, 2.75) is 0 Å². The topological polar surface area (TPSA) is 50.1 Å². The molecule has 1 aromatic heterocycles. The maximum atomic E-state index is 12.0. The molecule has 0 unspecified atom stereocenters. The minimum Gasteiger partial charge on any atom is -0.479 e. The summed E-state index contributed by atoms with van der Waals surface area (Å²) in [5.74, 6) is 0.507. The number of rotatable bonds is 5. The Labute approximate surface area is 129 Å². The van der Waals surface area contributed by atoms with Gasteiger partial charge in [0.15, 0.2) is 12.4 Å². The van der Waals surface area contributed by atoms with E-state index < -0.39 is 0 Å². The fourth-order valence-corrected chi connectivity index (χ4v) is 2.65. The first-order valence-electron chi connectivity index (χ1n) is 5.75. The Balaban J connectivity index is 2.02. The molecule has 0 atom stereocenters. The van der Waals surface area contributed by atoms with E-state index in [1.165, 1.54) is 0 Å². The third-order valence-corrected chi connectivity index (χ3v) is 3.98. The molecule has 0 spiro atoms. The molecule has 2 aromatic rings. The standard InChI is InChI=1S/C15H10BrNO2S/c16-15-9-11(10-20-15)1-6-14(18)12-2-4-13(5-3-12)19-8-7-17/h1-6,9-10H,8H2/b6-1+. The molecule has 0 N–H and O–H groups in total. The van der Waals surface area contributed by atoms with Gasteiger partial charge < -0.3 is 4.74 Å². The smallest absolute Gasteiger partial charge is 0.185 e. The second-order valence-electron chi connectivity index (χ2n) is 3.85. The Morgan fingerprint density at radius 1 is 1.40 bits per heavy atom. The zero-order chi connectivity index (χ0) is 14.4. The predicted molar refractivity (Wildman–Crippen MR) is 82.9 cm³/mol. The van der Waals surface area contributed by atoms with Gasteiger partial charge in [0, 0.05) is 5.56 Å². The maximum absolute atomic E-state index is 12.0. The zero-order valence-electron chi connectivity index (χ0n) is 10.4. The number of ether oxygens (including phenoxy) is 1. The zero-order valence-corrected chi connectivity index (χ0v) is 12.8. The van der Waals surface area contributed by atoms with E-state index in [1.54, 1.807) is 47.8 Å². The largest absolute Gasteiger partial charge is 0.479 e. The van der Waals surface area contributed by atoms with Crippen LogP contribution >= 0.6 is 27.3 Å². The summed E-state index contributed by atoms with van der Waals surface area (Å²) in [6.07, 6.45) is 3.32. The SMILES string of the molecule is N#CCOc1ccc(C(=O)/C=C/c2csc(Br)c2)cc1. The highest BCUT2D eigenvalue weighted by molar-refractivity contribution is 9.11. The summed E-state index contributed by atoms with van der Waals surface area (Å²) < 4.78 is 6.16. The van der Waals surface area contributed by atoms with Gasteiger partial charge in [-0.15, -0.1) is 11.3 Å². The van der Waals surface area contributed by atoms with Gasteiger partial charge in [0.25, 0.3) is 0 Å². The van der Waals surface area contributed by atoms with Crippen LogP contribution < -0.4 is 4.74 Å². The number of benzene rings is 1. The van der Waals surface area contributed by atoms with Crippen molar-refractivity contribution in [3.05, 3.63) is 56.7 Å². The first-order chi connectivity index (χ1) is 9.69. The van der Waals surface area contributed by atoms with Gasteiger partial charge in [0.1, 0.15) is 11.8 Å². The molecule has 5 heteroatoms. The average molecular weight is 348 g/mol. The van der Waals surface area contributed by atoms with Crippen molar-refractivity contribution < 1.29 is 9.53 Å². The first-order valence-corrected chi connectivity index (χ1v) is 7.42. The number of carbonyl (C=O) groups is 1. The van der Waals surface area contributed by atoms with Crippen LogP contribution in [-0.4, -0.2) is 12.4 Å². The highest BCUT2D eigenvalue weighted by Crippen LogP contribution is 2.21. The van der Waals surface area contributed by atoms with Gasteiger partial charge in [0.2, 0.25) is 0 Å². The van der Waals surface area contributed by atoms with Gasteiger partial charge in [0.05, 0.1) is 3.79 Å². The molecule has 0 amide bonds. The van der Waals surface area contributed by atoms with Gasteiger partial charge in [-0.25, -0.2) is 0 Å². The van der Waals surface area contributed by atoms with E-state index in [2.05, 4.69) is 15.9 Å². The Morgan fingerprint density at radius 3 is 2.75 bits per heavy atom. The number of hydrogen-bond donors (Lipinski definition) is 0. The van der Waals surface area contributed by atoms with Crippen LogP contribution in [0.25, 0.3) is 6.08 Å². The van der Waals surface area contributed by atoms with Crippen LogP contribution in [0.1, 0.15) is 15.9 Å². The number of ketones is 1. The van der Waals surface area contributed by atoms with Gasteiger partial charge in [-0.1, -0.05) is 6.08 Å². The summed E-state index contributed by atoms with van der Waals surface area (Å²) in [5.41, 5.74) is 1.57. The lowest BCUT2D eigenvalue weighted by molar-refractivity contribution is 0.104. The quantitative estimate of drug-likeness (QED) is 0.598. The van der Waals surface area contributed by atoms with E-state index in [0.717, 1.165) is 9.35 Å². The van der Waals surface area contributed by atoms with Crippen molar-refractivity contribution in [1.82, 2.24) is 0 Å². The lowest BCUT2D eigenvalue weighted by Gasteiger charge is -2.01. The highest BCUT2D eigenvalue weighted by atomic mass is 79.9. The first kappa shape index (κ1) is 14.5. The molecule has 1 heterocycles. The molecule has 0 fully saturated rings. The Bertz CT molecular complexity index is 668. The fraction of sp³-hybridized carbons (Fsp3) is 0.0667. The Morgan fingerprint density at radius 2 is 2.15 bits per heavy atom. The Hall–Kier alpha value is -1.90. The average Bonchev–Trinajstić information content (AvgIpc) is 2.89. The molecular weight excluding hydrogens is 338 g/mol. The van der Waals surface area contributed by atoms with Crippen LogP contribution in [0.3, 0.4) is 0 Å². The van der Waals surface area contributed by atoms with Crippen LogP contribution in [0.2, 0.25) is 0 Å². The van der Waals surface area contributed by atoms with Crippen molar-refractivity contribution in [1.29, 1.82) is 5.26 Å². The predicted octanol–water partition coefficient (Wildman–Crippen LogP) is 4.31. The molecule has 0 aliphatic heterocycles. The normalized spacial score (nSPS) is 10.4. The van der Waals surface area contributed by atoms with Crippen molar-refractivity contribution in [2.24, 2.45) is 0 Å². The number of carbonyl (C=O) groups excluding carboxylic acids is 1. The molecule has 0 saturated heterocycles. The Kier molecular flexibility index (Phi) is 5.10. The van der Waals surface area contributed by atoms with E-state index >= 15 is 0 Å². The summed E-state index contributed by atoms with van der Waals surface area (Å²) in [7, 11) is 0. The fourth-order valence-electron chi connectivity index (χ4n) is 1.51. The molecule has 20 heavy (non-hydrogen) atoms. The molecule has 0 aliphatic carbocycles. The second kappa shape index (κ2) is 7.04. The van der Waals surface area contributed by atoms with Crippen molar-refractivity contribution in [2.75, 3.05) is 6.61 Å². The molecular formula is C15H10BrNO2S. The number of hydrogen-bond acceptors (Lipinski definition) is 4. The van der Waals surface area contributed by atoms with Crippen molar-refractivity contribution >= 4 is 39.1 Å². The summed E-state index contributed by atoms with van der Waals surface area (Å²) in [6, 6.07) is 10.6. The van der Waals surface area contributed by atoms with Gasteiger partial charge in [-0.05, 0) is 63.3 Å². The molecule has 1 aromatic carbocycles. The van der Waals surface area contributed by atoms with Gasteiger partial charge in [-0.3, -0.25) is 4.79 Å². The van der Waals surface area contributed by atoms with Crippen LogP contribution in [0.4, 0.5) is 0 Å². The number of nitriles is 1. The minimum atomic E-state index is -0.0702. The molecule has 3 nitrogen and oxygen atoms in total. The number of thiophene rings is 1. The molecule has 0 aliphatic rings. The second-order valence-corrected chi connectivity index (χ2v) is 6.14. The lowest BCUT2D eigenvalue weighted by Crippen LogP contribution is -1.96. The molecule has 0 bridgehead atoms. The van der Waals surface area contributed by atoms with Gasteiger partial charge >= 0.3 is 0 Å². The number of halogens is 1. The third-order valence-electron chi connectivity index (χ3n) is 2.46. The van der Waals surface area contributed by atoms with E-state index in [1.807, 2.05) is 17.5 Å². The van der Waals surface area contributed by atoms with E-state index in [9.17, 15) is 4.79 Å². The summed E-state index contributed by atoms with van der Waals surface area (Å²) in [4.78, 5) is 12.0. The molecule has 0 saturated carbocycles. The van der Waals surface area contributed by atoms with Crippen LogP contribution in [0.15, 0.2) is 45.6 Å². The lowest BCUT2D eigenvalue weighted by atomic mass is 10.1. The monoisotopic (exact) mass is 347 g/mol. The summed E-state index contributed by atoms with van der Waals surface area (Å²) >= 11 is 4.95. The maximum Gasteiger partial charge on any atom is 0.185 e. The number of allylic oxidation sites excluding steroid dienone is 1. The van der Waals surface area contributed by atoms with Crippen molar-refractivity contribution in [3.63, 3.8) is 0 Å². The van der Waals surface area contributed by atoms with Gasteiger partial charge in [-0.2, -0.15) is 5.26 Å². The highest BCUT2D eigenvalue weighted by Gasteiger charge is 2.02. The van der Waals surface area contributed by atoms with E-state index in [0.29, 0.717) is 11.3 Å². The molecule has 100 valence electrons.